The van der Waals surface area contributed by atoms with Gasteiger partial charge in [-0.1, -0.05) is 18.2 Å². The molecule has 0 aliphatic carbocycles. The van der Waals surface area contributed by atoms with Gasteiger partial charge in [0.1, 0.15) is 6.04 Å². The molecule has 16 heavy (non-hydrogen) atoms. The van der Waals surface area contributed by atoms with Gasteiger partial charge >= 0.3 is 0 Å². The molecule has 2 aliphatic heterocycles. The average molecular weight is 233 g/mol. The molecule has 0 N–H and O–H groups in total. The summed E-state index contributed by atoms with van der Waals surface area (Å²) in [5.74, 6) is 0. The second-order valence-corrected chi connectivity index (χ2v) is 3.93. The Morgan fingerprint density at radius 1 is 1.19 bits per heavy atom. The highest BCUT2D eigenvalue weighted by Crippen LogP contribution is 2.24. The molecular formula is C11H9ClN4. The van der Waals surface area contributed by atoms with Crippen LogP contribution in [-0.4, -0.2) is 30.1 Å². The highest BCUT2D eigenvalue weighted by molar-refractivity contribution is 6.65. The molecule has 0 saturated heterocycles. The quantitative estimate of drug-likeness (QED) is 0.682. The number of aliphatic imine (C=N–C) groups is 3. The predicted octanol–water partition coefficient (Wildman–Crippen LogP) is 1.91. The highest BCUT2D eigenvalue weighted by Gasteiger charge is 2.32. The van der Waals surface area contributed by atoms with Crippen LogP contribution in [0.1, 0.15) is 0 Å². The first-order valence-corrected chi connectivity index (χ1v) is 5.36. The molecule has 2 heterocycles. The Balaban J connectivity index is 1.94. The second-order valence-electron chi connectivity index (χ2n) is 3.59. The Kier molecular flexibility index (Phi) is 2.22. The third-order valence-electron chi connectivity index (χ3n) is 2.58. The summed E-state index contributed by atoms with van der Waals surface area (Å²) in [7, 11) is 0. The molecular weight excluding hydrogens is 224 g/mol. The summed E-state index contributed by atoms with van der Waals surface area (Å²) in [5, 5.41) is 0.285. The number of hydrogen-bond acceptors (Lipinski definition) is 4. The molecule has 0 fully saturated rings. The van der Waals surface area contributed by atoms with Crippen molar-refractivity contribution in [3.63, 3.8) is 0 Å². The summed E-state index contributed by atoms with van der Waals surface area (Å²) in [6.07, 6.45) is 3.43. The van der Waals surface area contributed by atoms with Gasteiger partial charge in [0, 0.05) is 11.9 Å². The first kappa shape index (κ1) is 9.54. The maximum atomic E-state index is 5.81. The molecule has 2 aliphatic rings. The van der Waals surface area contributed by atoms with Crippen LogP contribution in [0.25, 0.3) is 0 Å². The molecule has 4 nitrogen and oxygen atoms in total. The number of anilines is 1. The van der Waals surface area contributed by atoms with Gasteiger partial charge in [-0.05, 0) is 23.7 Å². The summed E-state index contributed by atoms with van der Waals surface area (Å²) < 4.78 is 0. The Morgan fingerprint density at radius 3 is 2.81 bits per heavy atom. The minimum absolute atomic E-state index is 0.0253. The van der Waals surface area contributed by atoms with E-state index in [4.69, 9.17) is 11.6 Å². The van der Waals surface area contributed by atoms with E-state index in [9.17, 15) is 0 Å². The number of rotatable bonds is 1. The minimum atomic E-state index is -0.0904. The maximum Gasteiger partial charge on any atom is 0.219 e. The fourth-order valence-electron chi connectivity index (χ4n) is 1.81. The molecule has 0 amide bonds. The average Bonchev–Trinajstić information content (AvgIpc) is 2.73. The molecule has 80 valence electrons. The van der Waals surface area contributed by atoms with Crippen molar-refractivity contribution in [1.82, 2.24) is 0 Å². The number of amidine groups is 1. The molecule has 0 bridgehead atoms. The van der Waals surface area contributed by atoms with Gasteiger partial charge in [0.2, 0.25) is 5.29 Å². The van der Waals surface area contributed by atoms with Crippen molar-refractivity contribution in [3.05, 3.63) is 30.3 Å². The normalized spacial score (nSPS) is 26.8. The number of halogens is 1. The number of benzene rings is 1. The molecule has 2 atom stereocenters. The van der Waals surface area contributed by atoms with Gasteiger partial charge in [-0.3, -0.25) is 4.99 Å². The van der Waals surface area contributed by atoms with Crippen molar-refractivity contribution < 1.29 is 0 Å². The highest BCUT2D eigenvalue weighted by atomic mass is 35.5. The topological polar surface area (TPSA) is 40.3 Å². The SMILES string of the molecule is ClC1=NC2C(C=N1)N=CN2c1ccccc1. The van der Waals surface area contributed by atoms with Crippen LogP contribution in [0.2, 0.25) is 0 Å². The zero-order valence-electron chi connectivity index (χ0n) is 8.36. The van der Waals surface area contributed by atoms with Crippen LogP contribution < -0.4 is 4.90 Å². The van der Waals surface area contributed by atoms with Crippen molar-refractivity contribution in [2.75, 3.05) is 4.90 Å². The third kappa shape index (κ3) is 1.51. The minimum Gasteiger partial charge on any atom is -0.307 e. The zero-order valence-corrected chi connectivity index (χ0v) is 9.12. The molecule has 2 unspecified atom stereocenters. The number of nitrogens with zero attached hydrogens (tertiary/aromatic N) is 4. The lowest BCUT2D eigenvalue weighted by atomic mass is 10.2. The van der Waals surface area contributed by atoms with Gasteiger partial charge in [0.15, 0.2) is 6.17 Å². The third-order valence-corrected chi connectivity index (χ3v) is 2.78. The van der Waals surface area contributed by atoms with E-state index >= 15 is 0 Å². The van der Waals surface area contributed by atoms with Crippen LogP contribution in [0, 0.1) is 0 Å². The number of hydrogen-bond donors (Lipinski definition) is 0. The van der Waals surface area contributed by atoms with Crippen molar-refractivity contribution >= 4 is 35.1 Å². The Bertz CT molecular complexity index is 480. The largest absolute Gasteiger partial charge is 0.307 e. The van der Waals surface area contributed by atoms with Crippen LogP contribution in [0.4, 0.5) is 5.69 Å². The molecule has 1 aromatic carbocycles. The molecule has 5 heteroatoms. The number of fused-ring (bicyclic) bond motifs is 1. The van der Waals surface area contributed by atoms with Gasteiger partial charge in [0.05, 0.1) is 6.34 Å². The Hall–Kier alpha value is -1.68. The van der Waals surface area contributed by atoms with E-state index in [1.165, 1.54) is 0 Å². The molecule has 0 radical (unpaired) electrons. The lowest BCUT2D eigenvalue weighted by Gasteiger charge is -2.24. The zero-order chi connectivity index (χ0) is 11.0. The maximum absolute atomic E-state index is 5.81. The standard InChI is InChI=1S/C11H9ClN4/c12-11-13-6-9-10(15-11)16(7-14-9)8-4-2-1-3-5-8/h1-7,9-10H. The van der Waals surface area contributed by atoms with E-state index in [1.807, 2.05) is 35.2 Å². The van der Waals surface area contributed by atoms with Crippen LogP contribution in [0.15, 0.2) is 45.3 Å². The van der Waals surface area contributed by atoms with E-state index in [0.717, 1.165) is 5.69 Å². The molecule has 0 saturated carbocycles. The van der Waals surface area contributed by atoms with E-state index in [1.54, 1.807) is 12.6 Å². The monoisotopic (exact) mass is 232 g/mol. The first-order chi connectivity index (χ1) is 7.84. The van der Waals surface area contributed by atoms with Gasteiger partial charge in [-0.15, -0.1) is 0 Å². The summed E-state index contributed by atoms with van der Waals surface area (Å²) in [6.45, 7) is 0. The van der Waals surface area contributed by atoms with E-state index in [2.05, 4.69) is 15.0 Å². The van der Waals surface area contributed by atoms with Crippen LogP contribution >= 0.6 is 11.6 Å². The van der Waals surface area contributed by atoms with E-state index in [0.29, 0.717) is 0 Å². The van der Waals surface area contributed by atoms with Gasteiger partial charge in [-0.2, -0.15) is 0 Å². The van der Waals surface area contributed by atoms with Gasteiger partial charge < -0.3 is 4.90 Å². The lowest BCUT2D eigenvalue weighted by molar-refractivity contribution is 0.688. The smallest absolute Gasteiger partial charge is 0.219 e. The van der Waals surface area contributed by atoms with Crippen LogP contribution in [0.5, 0.6) is 0 Å². The molecule has 0 aromatic heterocycles. The van der Waals surface area contributed by atoms with Crippen molar-refractivity contribution in [3.8, 4) is 0 Å². The summed E-state index contributed by atoms with van der Waals surface area (Å²) in [4.78, 5) is 14.6. The van der Waals surface area contributed by atoms with Gasteiger partial charge in [-0.25, -0.2) is 9.98 Å². The molecule has 3 rings (SSSR count). The Labute approximate surface area is 98.0 Å². The van der Waals surface area contributed by atoms with E-state index in [-0.39, 0.29) is 17.5 Å². The van der Waals surface area contributed by atoms with Crippen LogP contribution in [-0.2, 0) is 0 Å². The summed E-state index contributed by atoms with van der Waals surface area (Å²) in [6, 6.07) is 9.96. The van der Waals surface area contributed by atoms with Gasteiger partial charge in [0.25, 0.3) is 0 Å². The predicted molar refractivity (Wildman–Crippen MR) is 66.8 cm³/mol. The van der Waals surface area contributed by atoms with Crippen molar-refractivity contribution in [2.24, 2.45) is 15.0 Å². The summed E-state index contributed by atoms with van der Waals surface area (Å²) >= 11 is 5.81. The number of para-hydroxylation sites is 1. The Morgan fingerprint density at radius 2 is 2.00 bits per heavy atom. The fraction of sp³-hybridized carbons (Fsp3) is 0.182. The van der Waals surface area contributed by atoms with E-state index < -0.39 is 0 Å². The van der Waals surface area contributed by atoms with Crippen molar-refractivity contribution in [2.45, 2.75) is 12.2 Å². The lowest BCUT2D eigenvalue weighted by Crippen LogP contribution is -2.37. The van der Waals surface area contributed by atoms with Crippen LogP contribution in [0.3, 0.4) is 0 Å². The molecule has 0 spiro atoms. The molecule has 1 aromatic rings. The first-order valence-electron chi connectivity index (χ1n) is 4.99. The fourth-order valence-corrected chi connectivity index (χ4v) is 1.97. The second kappa shape index (κ2) is 3.72. The van der Waals surface area contributed by atoms with Crippen molar-refractivity contribution in [1.29, 1.82) is 0 Å². The summed E-state index contributed by atoms with van der Waals surface area (Å²) in [5.41, 5.74) is 1.06.